The van der Waals surface area contributed by atoms with Gasteiger partial charge in [0.15, 0.2) is 0 Å². The summed E-state index contributed by atoms with van der Waals surface area (Å²) in [7, 11) is 3.15. The van der Waals surface area contributed by atoms with Crippen LogP contribution in [-0.4, -0.2) is 208 Å². The van der Waals surface area contributed by atoms with Gasteiger partial charge in [-0.1, -0.05) is 146 Å². The van der Waals surface area contributed by atoms with E-state index in [4.69, 9.17) is 4.74 Å². The zero-order valence-electron chi connectivity index (χ0n) is 61.3. The summed E-state index contributed by atoms with van der Waals surface area (Å²) in [6, 6.07) is 20.2. The van der Waals surface area contributed by atoms with Crippen LogP contribution >= 0.6 is 0 Å². The van der Waals surface area contributed by atoms with Crippen molar-refractivity contribution in [3.8, 4) is 5.75 Å². The van der Waals surface area contributed by atoms with Crippen molar-refractivity contribution in [2.75, 3.05) is 46.9 Å². The quantitative estimate of drug-likeness (QED) is 0.0715. The number of likely N-dealkylation sites (tertiary alicyclic amines) is 1. The fraction of sp³-hybridized carbons (Fsp3) is 0.481. The third-order valence-electron chi connectivity index (χ3n) is 19.8. The highest BCUT2D eigenvalue weighted by Gasteiger charge is 2.59. The van der Waals surface area contributed by atoms with Crippen LogP contribution in [-0.2, 0) is 76.8 Å². The molecule has 4 aliphatic heterocycles. The SMILES string of the molecule is CCC12CC(C)(CN1C(=O)C(NC(=O)C(C)NC)C(C)(C)C)NC(=O)CCC(C(=O)O)NC(=O)C(Cc1ccc3ccccc3c1)NC(=O)C1CN(CCN1C(=O)C(NC(=O)C(C)NC)C(C)(C)C)C(=O)C=CCOc1ccc(cc1)CC(C(=O)O)NC(=O)C(Cc1ccc3ccccc3c1)NC2=O. The lowest BCUT2D eigenvalue weighted by Crippen LogP contribution is -2.67. The lowest BCUT2D eigenvalue weighted by molar-refractivity contribution is -0.151. The van der Waals surface area contributed by atoms with Crippen LogP contribution < -0.4 is 52.6 Å². The van der Waals surface area contributed by atoms with Crippen molar-refractivity contribution in [2.24, 2.45) is 10.8 Å². The summed E-state index contributed by atoms with van der Waals surface area (Å²) < 4.78 is 5.97. The van der Waals surface area contributed by atoms with Crippen molar-refractivity contribution in [3.63, 3.8) is 0 Å². The zero-order chi connectivity index (χ0) is 76.2. The Morgan fingerprint density at radius 3 is 1.65 bits per heavy atom. The number of likely N-dealkylation sites (N-methyl/N-ethyl adjacent to an activating group) is 2. The van der Waals surface area contributed by atoms with E-state index >= 15 is 24.0 Å². The van der Waals surface area contributed by atoms with Crippen LogP contribution in [0.25, 0.3) is 21.5 Å². The molecule has 27 nitrogen and oxygen atoms in total. The Bertz CT molecular complexity index is 4080. The molecule has 11 unspecified atom stereocenters. The van der Waals surface area contributed by atoms with Gasteiger partial charge >= 0.3 is 11.9 Å². The van der Waals surface area contributed by atoms with Gasteiger partial charge < -0.3 is 77.5 Å². The second-order valence-electron chi connectivity index (χ2n) is 29.8. The van der Waals surface area contributed by atoms with Gasteiger partial charge in [0, 0.05) is 57.8 Å². The van der Waals surface area contributed by atoms with Gasteiger partial charge in [-0.05, 0) is 115 Å². The maximum Gasteiger partial charge on any atom is 0.326 e. The maximum atomic E-state index is 15.8. The van der Waals surface area contributed by atoms with Crippen LogP contribution in [0, 0.1) is 10.8 Å². The number of piperazine rings is 1. The van der Waals surface area contributed by atoms with E-state index in [0.717, 1.165) is 21.5 Å². The molecule has 0 spiro atoms. The lowest BCUT2D eigenvalue weighted by Gasteiger charge is -2.44. The number of carboxylic acid groups (broad SMARTS) is 2. The fourth-order valence-corrected chi connectivity index (χ4v) is 13.5. The predicted molar refractivity (Wildman–Crippen MR) is 390 cm³/mol. The molecular weight excluding hydrogens is 1330 g/mol. The van der Waals surface area contributed by atoms with Crippen LogP contribution in [0.1, 0.15) is 112 Å². The van der Waals surface area contributed by atoms with Gasteiger partial charge in [0.1, 0.15) is 60.2 Å². The number of benzene rings is 5. The number of hydrogen-bond acceptors (Lipinski definition) is 15. The second kappa shape index (κ2) is 33.9. The number of hydrogen-bond donors (Lipinski definition) is 11. The number of nitrogens with zero attached hydrogens (tertiary/aromatic N) is 3. The van der Waals surface area contributed by atoms with Crippen LogP contribution in [0.5, 0.6) is 5.75 Å². The molecule has 2 fully saturated rings. The van der Waals surface area contributed by atoms with E-state index in [1.165, 1.54) is 26.9 Å². The van der Waals surface area contributed by atoms with Crippen LogP contribution in [0.15, 0.2) is 121 Å². The average molecular weight is 1430 g/mol. The minimum absolute atomic E-state index is 0.0753. The standard InChI is InChI=1S/C77H100N12O15/c1-13-77-43-76(10,44-89(77)70(98)63(75(7,8)9)85-65(93)46(3)79-12)86-60(90)33-32-55(71(99)100)80-66(94)56(40-48-24-28-50-19-14-16-21-52(50)37-48)81-68(96)59-42-87(34-35-88(59)69(97)62(74(4,5)6)84-64(92)45(2)78-11)61(91)23-18-36-104-54-30-26-47(27-31-54)39-58(72(101)102)82-67(95)57(83-73(77)103)41-49-25-29-51-20-15-17-22-53(51)38-49/h14-31,37-38,45-46,55-59,62-63,78-79H,13,32-36,39-44H2,1-12H3,(H,80,94)(H,81,96)(H,82,95)(H,83,103)(H,84,92)(H,85,93)(H,86,90)(H,99,100)(H,101,102). The molecule has 4 heterocycles. The highest BCUT2D eigenvalue weighted by atomic mass is 16.5. The number of carbonyl (C=O) groups is 12. The van der Waals surface area contributed by atoms with E-state index in [1.54, 1.807) is 126 Å². The van der Waals surface area contributed by atoms with E-state index in [-0.39, 0.29) is 58.3 Å². The molecule has 5 aromatic carbocycles. The van der Waals surface area contributed by atoms with E-state index < -0.39 is 167 Å². The third-order valence-corrected chi connectivity index (χ3v) is 19.8. The molecule has 0 radical (unpaired) electrons. The highest BCUT2D eigenvalue weighted by molar-refractivity contribution is 6.00. The molecule has 0 aliphatic carbocycles. The zero-order valence-corrected chi connectivity index (χ0v) is 61.3. The number of carboxylic acids is 2. The molecule has 10 amide bonds. The fourth-order valence-electron chi connectivity index (χ4n) is 13.5. The number of aliphatic carboxylic acids is 2. The van der Waals surface area contributed by atoms with Crippen molar-refractivity contribution in [3.05, 3.63) is 138 Å². The lowest BCUT2D eigenvalue weighted by atomic mass is 9.82. The Balaban J connectivity index is 1.20. The molecule has 558 valence electrons. The summed E-state index contributed by atoms with van der Waals surface area (Å²) in [4.78, 5) is 178. The van der Waals surface area contributed by atoms with Crippen molar-refractivity contribution in [1.29, 1.82) is 0 Å². The maximum absolute atomic E-state index is 15.8. The second-order valence-corrected chi connectivity index (χ2v) is 29.8. The molecule has 5 aromatic rings. The molecule has 11 atom stereocenters. The Labute approximate surface area is 606 Å². The molecular formula is C77H100N12O15. The van der Waals surface area contributed by atoms with Crippen molar-refractivity contribution < 1.29 is 72.5 Å². The predicted octanol–water partition coefficient (Wildman–Crippen LogP) is 3.43. The van der Waals surface area contributed by atoms with Gasteiger partial charge in [0.05, 0.1) is 24.2 Å². The third kappa shape index (κ3) is 19.7. The van der Waals surface area contributed by atoms with Gasteiger partial charge in [0.25, 0.3) is 0 Å². The Morgan fingerprint density at radius 2 is 1.14 bits per heavy atom. The largest absolute Gasteiger partial charge is 0.490 e. The summed E-state index contributed by atoms with van der Waals surface area (Å²) in [6.45, 7) is 15.7. The number of fused-ring (bicyclic) bond motifs is 22. The highest BCUT2D eigenvalue weighted by Crippen LogP contribution is 2.41. The van der Waals surface area contributed by atoms with Gasteiger partial charge in [-0.15, -0.1) is 0 Å². The van der Waals surface area contributed by atoms with E-state index in [1.807, 2.05) is 66.7 Å². The van der Waals surface area contributed by atoms with E-state index in [9.17, 15) is 43.8 Å². The Kier molecular flexibility index (Phi) is 25.9. The summed E-state index contributed by atoms with van der Waals surface area (Å²) in [5.74, 6) is -10.00. The molecule has 27 heteroatoms. The minimum Gasteiger partial charge on any atom is -0.490 e. The number of amides is 10. The summed E-state index contributed by atoms with van der Waals surface area (Å²) in [6.07, 6.45) is 0.505. The molecule has 4 aliphatic rings. The molecule has 2 saturated heterocycles. The van der Waals surface area contributed by atoms with Crippen LogP contribution in [0.2, 0.25) is 0 Å². The van der Waals surface area contributed by atoms with Crippen molar-refractivity contribution >= 4 is 92.6 Å². The molecule has 0 aromatic heterocycles. The van der Waals surface area contributed by atoms with Crippen molar-refractivity contribution in [2.45, 2.75) is 180 Å². The van der Waals surface area contributed by atoms with Crippen LogP contribution in [0.4, 0.5) is 0 Å². The molecule has 104 heavy (non-hydrogen) atoms. The van der Waals surface area contributed by atoms with Crippen LogP contribution in [0.3, 0.4) is 0 Å². The first kappa shape index (κ1) is 79.4. The molecule has 11 N–H and O–H groups in total. The van der Waals surface area contributed by atoms with Gasteiger partial charge in [-0.25, -0.2) is 9.59 Å². The first-order valence-corrected chi connectivity index (χ1v) is 35.3. The van der Waals surface area contributed by atoms with Gasteiger partial charge in [0.2, 0.25) is 59.1 Å². The smallest absolute Gasteiger partial charge is 0.326 e. The van der Waals surface area contributed by atoms with Gasteiger partial charge in [-0.3, -0.25) is 47.9 Å². The first-order valence-electron chi connectivity index (χ1n) is 35.3. The van der Waals surface area contributed by atoms with Crippen molar-refractivity contribution in [1.82, 2.24) is 62.6 Å². The Hall–Kier alpha value is -10.3. The summed E-state index contributed by atoms with van der Waals surface area (Å²) >= 11 is 0. The molecule has 0 saturated carbocycles. The number of nitrogens with one attached hydrogen (secondary N) is 9. The minimum atomic E-state index is -1.92. The molecule has 9 rings (SSSR count). The number of carbonyl (C=O) groups excluding carboxylic acids is 10. The van der Waals surface area contributed by atoms with Gasteiger partial charge in [-0.2, -0.15) is 0 Å². The first-order chi connectivity index (χ1) is 49.1. The summed E-state index contributed by atoms with van der Waals surface area (Å²) in [5.41, 5.74) is -3.78. The van der Waals surface area contributed by atoms with E-state index in [2.05, 4.69) is 47.9 Å². The number of ether oxygens (including phenoxy) is 1. The monoisotopic (exact) mass is 1430 g/mol. The normalized spacial score (nSPS) is 23.5. The van der Waals surface area contributed by atoms with E-state index in [0.29, 0.717) is 22.4 Å². The topological polar surface area (TPSA) is 373 Å². The Morgan fingerprint density at radius 1 is 0.635 bits per heavy atom. The molecule has 6 bridgehead atoms. The number of rotatable bonds is 15. The summed E-state index contributed by atoms with van der Waals surface area (Å²) in [5, 5.41) is 50.3. The average Bonchev–Trinajstić information content (AvgIpc) is 1.57.